The monoisotopic (exact) mass is 770 g/mol. The van der Waals surface area contributed by atoms with E-state index in [1.807, 2.05) is 24.3 Å². The molecule has 9 aromatic carbocycles. The van der Waals surface area contributed by atoms with E-state index in [4.69, 9.17) is 9.40 Å². The highest BCUT2D eigenvalue weighted by Gasteiger charge is 2.36. The van der Waals surface area contributed by atoms with E-state index in [1.54, 1.807) is 0 Å². The van der Waals surface area contributed by atoms with Gasteiger partial charge < -0.3 is 9.32 Å². The summed E-state index contributed by atoms with van der Waals surface area (Å²) in [5.41, 5.74) is 18.6. The Kier molecular flexibility index (Phi) is 8.56. The Morgan fingerprint density at radius 1 is 0.467 bits per heavy atom. The predicted molar refractivity (Wildman–Crippen MR) is 249 cm³/mol. The second-order valence-corrected chi connectivity index (χ2v) is 16.4. The normalized spacial score (nSPS) is 12.7. The fourth-order valence-electron chi connectivity index (χ4n) is 9.18. The fourth-order valence-corrected chi connectivity index (χ4v) is 9.18. The molecule has 0 atom stereocenters. The van der Waals surface area contributed by atoms with Gasteiger partial charge in [0.25, 0.3) is 0 Å². The third-order valence-electron chi connectivity index (χ3n) is 12.3. The van der Waals surface area contributed by atoms with Crippen molar-refractivity contribution < 1.29 is 4.42 Å². The Bertz CT molecular complexity index is 3140. The number of rotatable bonds is 8. The maximum Gasteiger partial charge on any atom is 0.227 e. The number of fused-ring (bicyclic) bond motifs is 5. The molecule has 3 heteroatoms. The van der Waals surface area contributed by atoms with Gasteiger partial charge in [0.15, 0.2) is 5.58 Å². The van der Waals surface area contributed by atoms with Crippen LogP contribution in [0.15, 0.2) is 211 Å². The number of para-hydroxylation sites is 2. The molecular formula is C57H42N2O. The summed E-state index contributed by atoms with van der Waals surface area (Å²) in [6, 6.07) is 74.5. The number of nitrogens with zero attached hydrogens (tertiary/aromatic N) is 2. The number of anilines is 3. The molecule has 286 valence electrons. The zero-order chi connectivity index (χ0) is 40.2. The molecule has 1 aliphatic rings. The van der Waals surface area contributed by atoms with Crippen molar-refractivity contribution in [1.82, 2.24) is 4.98 Å². The number of benzene rings is 9. The van der Waals surface area contributed by atoms with Gasteiger partial charge in [-0.2, -0.15) is 0 Å². The van der Waals surface area contributed by atoms with E-state index < -0.39 is 0 Å². The molecule has 0 amide bonds. The standard InChI is InChI=1S/C57H42N2O/c1-57(2)51-17-9-8-16-49(51)50-33-32-47(37-52(50)57)59(46-30-28-43(29-31-46)42-26-24-41(25-27-42)40-12-4-3-5-13-40)54-36-39(35-45-14-6-7-15-48(45)54)34-38-20-22-44(23-21-38)56-58-53-18-10-11-19-55(53)60-56/h3-33,35-37H,34H2,1-2H3. The fraction of sp³-hybridized carbons (Fsp3) is 0.0702. The van der Waals surface area contributed by atoms with E-state index in [-0.39, 0.29) is 5.41 Å². The molecule has 0 N–H and O–H groups in total. The second-order valence-electron chi connectivity index (χ2n) is 16.4. The highest BCUT2D eigenvalue weighted by molar-refractivity contribution is 6.00. The maximum atomic E-state index is 6.08. The van der Waals surface area contributed by atoms with Gasteiger partial charge in [0, 0.05) is 27.7 Å². The lowest BCUT2D eigenvalue weighted by Crippen LogP contribution is -2.16. The van der Waals surface area contributed by atoms with Crippen molar-refractivity contribution in [2.45, 2.75) is 25.7 Å². The number of oxazole rings is 1. The summed E-state index contributed by atoms with van der Waals surface area (Å²) in [6.07, 6.45) is 0.782. The quantitative estimate of drug-likeness (QED) is 0.154. The molecule has 0 bridgehead atoms. The third-order valence-corrected chi connectivity index (χ3v) is 12.3. The molecule has 3 nitrogen and oxygen atoms in total. The summed E-state index contributed by atoms with van der Waals surface area (Å²) >= 11 is 0. The maximum absolute atomic E-state index is 6.08. The predicted octanol–water partition coefficient (Wildman–Crippen LogP) is 15.3. The van der Waals surface area contributed by atoms with E-state index in [0.29, 0.717) is 5.89 Å². The Balaban J connectivity index is 1.00. The van der Waals surface area contributed by atoms with Crippen LogP contribution in [-0.4, -0.2) is 4.98 Å². The van der Waals surface area contributed by atoms with Crippen molar-refractivity contribution in [3.05, 3.63) is 229 Å². The van der Waals surface area contributed by atoms with Crippen LogP contribution in [0.3, 0.4) is 0 Å². The van der Waals surface area contributed by atoms with E-state index in [9.17, 15) is 0 Å². The van der Waals surface area contributed by atoms with Gasteiger partial charge in [0.1, 0.15) is 5.52 Å². The van der Waals surface area contributed by atoms with Crippen LogP contribution in [0.1, 0.15) is 36.1 Å². The summed E-state index contributed by atoms with van der Waals surface area (Å²) in [4.78, 5) is 7.19. The molecule has 0 radical (unpaired) electrons. The third kappa shape index (κ3) is 6.27. The van der Waals surface area contributed by atoms with Crippen LogP contribution < -0.4 is 4.90 Å². The Morgan fingerprint density at radius 3 is 1.83 bits per heavy atom. The molecule has 0 aliphatic heterocycles. The van der Waals surface area contributed by atoms with Crippen LogP contribution in [-0.2, 0) is 11.8 Å². The molecule has 10 aromatic rings. The molecule has 0 fully saturated rings. The van der Waals surface area contributed by atoms with Crippen molar-refractivity contribution in [2.75, 3.05) is 4.90 Å². The first-order chi connectivity index (χ1) is 29.5. The molecule has 0 spiro atoms. The van der Waals surface area contributed by atoms with Crippen molar-refractivity contribution in [1.29, 1.82) is 0 Å². The zero-order valence-corrected chi connectivity index (χ0v) is 33.6. The van der Waals surface area contributed by atoms with Gasteiger partial charge in [-0.1, -0.05) is 166 Å². The number of hydrogen-bond donors (Lipinski definition) is 0. The second kappa shape index (κ2) is 14.4. The van der Waals surface area contributed by atoms with Gasteiger partial charge in [-0.15, -0.1) is 0 Å². The van der Waals surface area contributed by atoms with Gasteiger partial charge >= 0.3 is 0 Å². The smallest absolute Gasteiger partial charge is 0.227 e. The first kappa shape index (κ1) is 35.7. The topological polar surface area (TPSA) is 29.3 Å². The van der Waals surface area contributed by atoms with Crippen molar-refractivity contribution in [2.24, 2.45) is 0 Å². The van der Waals surface area contributed by atoms with Crippen molar-refractivity contribution in [3.63, 3.8) is 0 Å². The summed E-state index contributed by atoms with van der Waals surface area (Å²) < 4.78 is 6.08. The van der Waals surface area contributed by atoms with Gasteiger partial charge in [0.2, 0.25) is 5.89 Å². The van der Waals surface area contributed by atoms with Crippen LogP contribution in [0.2, 0.25) is 0 Å². The number of aromatic nitrogens is 1. The lowest BCUT2D eigenvalue weighted by molar-refractivity contribution is 0.620. The van der Waals surface area contributed by atoms with Crippen molar-refractivity contribution >= 4 is 38.9 Å². The van der Waals surface area contributed by atoms with Crippen LogP contribution in [0.4, 0.5) is 17.1 Å². The minimum atomic E-state index is -0.128. The molecule has 0 unspecified atom stereocenters. The molecule has 0 saturated heterocycles. The first-order valence-electron chi connectivity index (χ1n) is 20.7. The van der Waals surface area contributed by atoms with Crippen LogP contribution in [0.5, 0.6) is 0 Å². The van der Waals surface area contributed by atoms with Crippen molar-refractivity contribution in [3.8, 4) is 44.8 Å². The SMILES string of the molecule is CC1(C)c2ccccc2-c2ccc(N(c3ccc(-c4ccc(-c5ccccc5)cc4)cc3)c3cc(Cc4ccc(-c5nc6ccccc6o5)cc4)cc4ccccc34)cc21. The first-order valence-corrected chi connectivity index (χ1v) is 20.7. The zero-order valence-electron chi connectivity index (χ0n) is 33.6. The average Bonchev–Trinajstić information content (AvgIpc) is 3.84. The average molecular weight is 771 g/mol. The molecule has 0 saturated carbocycles. The van der Waals surface area contributed by atoms with Gasteiger partial charge in [0.05, 0.1) is 5.69 Å². The minimum absolute atomic E-state index is 0.128. The summed E-state index contributed by atoms with van der Waals surface area (Å²) in [5.74, 6) is 0.641. The van der Waals surface area contributed by atoms with E-state index in [1.165, 1.54) is 66.4 Å². The summed E-state index contributed by atoms with van der Waals surface area (Å²) in [7, 11) is 0. The van der Waals surface area contributed by atoms with Gasteiger partial charge in [-0.05, 0) is 122 Å². The Labute approximate surface area is 350 Å². The Morgan fingerprint density at radius 2 is 1.07 bits per heavy atom. The summed E-state index contributed by atoms with van der Waals surface area (Å²) in [5, 5.41) is 2.42. The van der Waals surface area contributed by atoms with Crippen LogP contribution >= 0.6 is 0 Å². The van der Waals surface area contributed by atoms with E-state index >= 15 is 0 Å². The highest BCUT2D eigenvalue weighted by Crippen LogP contribution is 2.51. The lowest BCUT2D eigenvalue weighted by atomic mass is 9.82. The minimum Gasteiger partial charge on any atom is -0.436 e. The molecule has 1 aromatic heterocycles. The van der Waals surface area contributed by atoms with Crippen LogP contribution in [0, 0.1) is 0 Å². The Hall–Kier alpha value is -7.49. The van der Waals surface area contributed by atoms with E-state index in [0.717, 1.165) is 40.1 Å². The van der Waals surface area contributed by atoms with Gasteiger partial charge in [-0.25, -0.2) is 4.98 Å². The molecule has 1 aliphatic carbocycles. The molecule has 11 rings (SSSR count). The largest absolute Gasteiger partial charge is 0.436 e. The number of hydrogen-bond acceptors (Lipinski definition) is 3. The molecular weight excluding hydrogens is 729 g/mol. The van der Waals surface area contributed by atoms with Crippen LogP contribution in [0.25, 0.3) is 66.7 Å². The van der Waals surface area contributed by atoms with E-state index in [2.05, 4.69) is 201 Å². The molecule has 1 heterocycles. The lowest BCUT2D eigenvalue weighted by Gasteiger charge is -2.29. The highest BCUT2D eigenvalue weighted by atomic mass is 16.3. The molecule has 60 heavy (non-hydrogen) atoms. The van der Waals surface area contributed by atoms with Gasteiger partial charge in [-0.3, -0.25) is 0 Å². The summed E-state index contributed by atoms with van der Waals surface area (Å²) in [6.45, 7) is 4.71.